The van der Waals surface area contributed by atoms with Crippen LogP contribution in [0.3, 0.4) is 0 Å². The van der Waals surface area contributed by atoms with Gasteiger partial charge < -0.3 is 14.2 Å². The molecule has 0 amide bonds. The van der Waals surface area contributed by atoms with Crippen molar-refractivity contribution in [1.29, 1.82) is 0 Å². The van der Waals surface area contributed by atoms with E-state index in [2.05, 4.69) is 19.9 Å². The van der Waals surface area contributed by atoms with E-state index < -0.39 is 5.97 Å². The quantitative estimate of drug-likeness (QED) is 0.507. The Morgan fingerprint density at radius 3 is 2.41 bits per heavy atom. The normalized spacial score (nSPS) is 10.6. The summed E-state index contributed by atoms with van der Waals surface area (Å²) in [6, 6.07) is 11.0. The molecule has 0 aromatic heterocycles. The second-order valence-electron chi connectivity index (χ2n) is 6.71. The Bertz CT molecular complexity index is 823. The van der Waals surface area contributed by atoms with E-state index in [1.54, 1.807) is 18.2 Å². The highest BCUT2D eigenvalue weighted by atomic mass is 16.6. The molecule has 27 heavy (non-hydrogen) atoms. The third-order valence-corrected chi connectivity index (χ3v) is 4.30. The number of carbonyl (C=O) groups is 2. The first-order valence-electron chi connectivity index (χ1n) is 8.88. The predicted molar refractivity (Wildman–Crippen MR) is 104 cm³/mol. The van der Waals surface area contributed by atoms with Gasteiger partial charge in [-0.15, -0.1) is 0 Å². The molecule has 0 saturated heterocycles. The monoisotopic (exact) mass is 370 g/mol. The number of esters is 1. The number of carbonyl (C=O) groups excluding carboxylic acids is 2. The van der Waals surface area contributed by atoms with Gasteiger partial charge in [0.2, 0.25) is 0 Å². The van der Waals surface area contributed by atoms with Crippen molar-refractivity contribution in [1.82, 2.24) is 0 Å². The number of Topliss-reactive ketones (excluding diaryl/α,β-unsaturated/α-hetero) is 1. The molecule has 144 valence electrons. The van der Waals surface area contributed by atoms with Crippen LogP contribution in [0.5, 0.6) is 11.5 Å². The minimum atomic E-state index is -0.486. The Morgan fingerprint density at radius 1 is 1.04 bits per heavy atom. The Balaban J connectivity index is 1.98. The van der Waals surface area contributed by atoms with Crippen LogP contribution in [0.15, 0.2) is 36.4 Å². The van der Waals surface area contributed by atoms with Gasteiger partial charge in [0.25, 0.3) is 0 Å². The Labute approximate surface area is 160 Å². The summed E-state index contributed by atoms with van der Waals surface area (Å²) in [5, 5.41) is 0. The van der Waals surface area contributed by atoms with Crippen molar-refractivity contribution in [2.24, 2.45) is 0 Å². The number of ketones is 1. The van der Waals surface area contributed by atoms with E-state index in [4.69, 9.17) is 14.2 Å². The molecule has 0 saturated carbocycles. The van der Waals surface area contributed by atoms with Crippen molar-refractivity contribution in [2.45, 2.75) is 40.2 Å². The molecule has 0 aliphatic heterocycles. The van der Waals surface area contributed by atoms with Crippen LogP contribution >= 0.6 is 0 Å². The fourth-order valence-electron chi connectivity index (χ4n) is 2.58. The Morgan fingerprint density at radius 2 is 1.78 bits per heavy atom. The molecule has 2 aromatic carbocycles. The van der Waals surface area contributed by atoms with Crippen LogP contribution in [0.4, 0.5) is 0 Å². The number of aryl methyl sites for hydroxylation is 1. The van der Waals surface area contributed by atoms with E-state index >= 15 is 0 Å². The lowest BCUT2D eigenvalue weighted by molar-refractivity contribution is -0.147. The molecule has 0 atom stereocenters. The van der Waals surface area contributed by atoms with E-state index in [9.17, 15) is 9.59 Å². The summed E-state index contributed by atoms with van der Waals surface area (Å²) >= 11 is 0. The number of ether oxygens (including phenoxy) is 3. The fraction of sp³-hybridized carbons (Fsp3) is 0.364. The molecular formula is C22H26O5. The summed E-state index contributed by atoms with van der Waals surface area (Å²) in [5.41, 5.74) is 3.29. The van der Waals surface area contributed by atoms with E-state index in [0.29, 0.717) is 28.5 Å². The highest BCUT2D eigenvalue weighted by molar-refractivity contribution is 5.94. The molecule has 0 bridgehead atoms. The number of rotatable bonds is 8. The zero-order valence-corrected chi connectivity index (χ0v) is 16.5. The number of hydrogen-bond acceptors (Lipinski definition) is 5. The van der Waals surface area contributed by atoms with Crippen LogP contribution in [0.1, 0.15) is 53.7 Å². The average Bonchev–Trinajstić information content (AvgIpc) is 2.65. The SMILES string of the molecule is COc1ccc(C(C)=O)cc1COC(=O)COc1cc(C(C)C)ccc1C. The van der Waals surface area contributed by atoms with Crippen LogP contribution in [0.25, 0.3) is 0 Å². The summed E-state index contributed by atoms with van der Waals surface area (Å²) in [6.45, 7) is 7.45. The predicted octanol–water partition coefficient (Wildman–Crippen LogP) is 4.45. The van der Waals surface area contributed by atoms with Crippen molar-refractivity contribution in [3.05, 3.63) is 58.7 Å². The molecule has 0 heterocycles. The number of methoxy groups -OCH3 is 1. The molecule has 0 unspecified atom stereocenters. The van der Waals surface area contributed by atoms with E-state index in [0.717, 1.165) is 11.1 Å². The lowest BCUT2D eigenvalue weighted by atomic mass is 10.0. The summed E-state index contributed by atoms with van der Waals surface area (Å²) < 4.78 is 16.2. The third-order valence-electron chi connectivity index (χ3n) is 4.30. The van der Waals surface area contributed by atoms with E-state index in [1.165, 1.54) is 14.0 Å². The summed E-state index contributed by atoms with van der Waals surface area (Å²) in [4.78, 5) is 23.6. The largest absolute Gasteiger partial charge is 0.496 e. The zero-order valence-electron chi connectivity index (χ0n) is 16.5. The maximum atomic E-state index is 12.1. The van der Waals surface area contributed by atoms with Gasteiger partial charge in [-0.05, 0) is 55.2 Å². The van der Waals surface area contributed by atoms with E-state index in [1.807, 2.05) is 19.1 Å². The summed E-state index contributed by atoms with van der Waals surface area (Å²) in [5.74, 6) is 1.07. The molecule has 2 rings (SSSR count). The van der Waals surface area contributed by atoms with Gasteiger partial charge in [-0.1, -0.05) is 26.0 Å². The smallest absolute Gasteiger partial charge is 0.344 e. The molecular weight excluding hydrogens is 344 g/mol. The molecule has 0 radical (unpaired) electrons. The van der Waals surface area contributed by atoms with Crippen LogP contribution in [0.2, 0.25) is 0 Å². The van der Waals surface area contributed by atoms with Crippen molar-refractivity contribution in [3.63, 3.8) is 0 Å². The highest BCUT2D eigenvalue weighted by Gasteiger charge is 2.12. The summed E-state index contributed by atoms with van der Waals surface area (Å²) in [7, 11) is 1.53. The van der Waals surface area contributed by atoms with Crippen LogP contribution < -0.4 is 9.47 Å². The lowest BCUT2D eigenvalue weighted by Gasteiger charge is -2.13. The van der Waals surface area contributed by atoms with Crippen molar-refractivity contribution < 1.29 is 23.8 Å². The standard InChI is InChI=1S/C22H26O5/c1-14(2)17-7-6-15(3)21(11-17)26-13-22(24)27-12-19-10-18(16(4)23)8-9-20(19)25-5/h6-11,14H,12-13H2,1-5H3. The highest BCUT2D eigenvalue weighted by Crippen LogP contribution is 2.24. The molecule has 0 spiro atoms. The van der Waals surface area contributed by atoms with Crippen molar-refractivity contribution in [2.75, 3.05) is 13.7 Å². The van der Waals surface area contributed by atoms with Crippen molar-refractivity contribution >= 4 is 11.8 Å². The lowest BCUT2D eigenvalue weighted by Crippen LogP contribution is -2.15. The second kappa shape index (κ2) is 9.21. The fourth-order valence-corrected chi connectivity index (χ4v) is 2.58. The molecule has 0 fully saturated rings. The minimum absolute atomic E-state index is 0.0114. The summed E-state index contributed by atoms with van der Waals surface area (Å²) in [6.07, 6.45) is 0. The average molecular weight is 370 g/mol. The van der Waals surface area contributed by atoms with Gasteiger partial charge in [-0.2, -0.15) is 0 Å². The third kappa shape index (κ3) is 5.58. The second-order valence-corrected chi connectivity index (χ2v) is 6.71. The van der Waals surface area contributed by atoms with Gasteiger partial charge in [0.05, 0.1) is 7.11 Å². The number of hydrogen-bond donors (Lipinski definition) is 0. The van der Waals surface area contributed by atoms with E-state index in [-0.39, 0.29) is 19.0 Å². The molecule has 5 heteroatoms. The zero-order chi connectivity index (χ0) is 20.0. The van der Waals surface area contributed by atoms with Gasteiger partial charge in [-0.25, -0.2) is 4.79 Å². The van der Waals surface area contributed by atoms with Gasteiger partial charge in [0.1, 0.15) is 18.1 Å². The van der Waals surface area contributed by atoms with Crippen LogP contribution in [-0.4, -0.2) is 25.5 Å². The van der Waals surface area contributed by atoms with Crippen molar-refractivity contribution in [3.8, 4) is 11.5 Å². The molecule has 0 N–H and O–H groups in total. The van der Waals surface area contributed by atoms with Gasteiger partial charge >= 0.3 is 5.97 Å². The maximum absolute atomic E-state index is 12.1. The molecule has 5 nitrogen and oxygen atoms in total. The number of benzene rings is 2. The van der Waals surface area contributed by atoms with Gasteiger partial charge in [0.15, 0.2) is 12.4 Å². The first-order chi connectivity index (χ1) is 12.8. The van der Waals surface area contributed by atoms with Gasteiger partial charge in [0, 0.05) is 11.1 Å². The first kappa shape index (κ1) is 20.5. The van der Waals surface area contributed by atoms with Crippen LogP contribution in [0, 0.1) is 6.92 Å². The topological polar surface area (TPSA) is 61.8 Å². The first-order valence-corrected chi connectivity index (χ1v) is 8.88. The minimum Gasteiger partial charge on any atom is -0.496 e. The van der Waals surface area contributed by atoms with Crippen LogP contribution in [-0.2, 0) is 16.1 Å². The van der Waals surface area contributed by atoms with Gasteiger partial charge in [-0.3, -0.25) is 4.79 Å². The maximum Gasteiger partial charge on any atom is 0.344 e. The Kier molecular flexibility index (Phi) is 6.99. The molecule has 0 aliphatic carbocycles. The molecule has 2 aromatic rings. The Hall–Kier alpha value is -2.82. The molecule has 0 aliphatic rings.